The van der Waals surface area contributed by atoms with Crippen LogP contribution in [0.1, 0.15) is 60.8 Å². The fourth-order valence-corrected chi connectivity index (χ4v) is 3.77. The summed E-state index contributed by atoms with van der Waals surface area (Å²) in [6.45, 7) is 7.97. The molecule has 0 radical (unpaired) electrons. The van der Waals surface area contributed by atoms with E-state index >= 15 is 0 Å². The summed E-state index contributed by atoms with van der Waals surface area (Å²) in [6.07, 6.45) is 3.64. The second kappa shape index (κ2) is 7.62. The van der Waals surface area contributed by atoms with Gasteiger partial charge in [0, 0.05) is 18.8 Å². The molecule has 1 aliphatic heterocycles. The van der Waals surface area contributed by atoms with Crippen LogP contribution in [-0.2, 0) is 0 Å². The molecule has 3 aromatic rings. The van der Waals surface area contributed by atoms with Crippen molar-refractivity contribution in [2.24, 2.45) is 0 Å². The first kappa shape index (κ1) is 18.5. The molecular weight excluding hydrogens is 352 g/mol. The normalized spacial score (nSPS) is 14.6. The Balaban J connectivity index is 1.71. The molecule has 2 aromatic heterocycles. The maximum atomic E-state index is 13.3. The molecular formula is C22H26N4O2. The van der Waals surface area contributed by atoms with Gasteiger partial charge in [-0.2, -0.15) is 0 Å². The first-order valence-electron chi connectivity index (χ1n) is 9.97. The molecule has 3 heterocycles. The van der Waals surface area contributed by atoms with Crippen LogP contribution in [0.3, 0.4) is 0 Å². The fraction of sp³-hybridized carbons (Fsp3) is 0.409. The highest BCUT2D eigenvalue weighted by atomic mass is 16.5. The average Bonchev–Trinajstić information content (AvgIpc) is 3.09. The van der Waals surface area contributed by atoms with E-state index in [1.807, 2.05) is 45.0 Å². The topological polar surface area (TPSA) is 71.3 Å². The number of amides is 1. The van der Waals surface area contributed by atoms with Crippen LogP contribution >= 0.6 is 0 Å². The zero-order chi connectivity index (χ0) is 19.7. The van der Waals surface area contributed by atoms with Gasteiger partial charge in [0.25, 0.3) is 11.6 Å². The molecule has 0 saturated carbocycles. The molecule has 0 aliphatic carbocycles. The Hall–Kier alpha value is -2.89. The van der Waals surface area contributed by atoms with E-state index in [9.17, 15) is 4.79 Å². The van der Waals surface area contributed by atoms with Crippen LogP contribution in [0.2, 0.25) is 0 Å². The number of para-hydroxylation sites is 2. The van der Waals surface area contributed by atoms with E-state index in [1.165, 1.54) is 19.3 Å². The number of carbonyl (C=O) groups is 1. The molecule has 1 N–H and O–H groups in total. The van der Waals surface area contributed by atoms with Gasteiger partial charge in [-0.3, -0.25) is 4.79 Å². The van der Waals surface area contributed by atoms with Gasteiger partial charge >= 0.3 is 0 Å². The summed E-state index contributed by atoms with van der Waals surface area (Å²) < 4.78 is 5.35. The number of nitrogens with one attached hydrogen (secondary N) is 1. The minimum atomic E-state index is -0.162. The minimum Gasteiger partial charge on any atom is -0.370 e. The zero-order valence-corrected chi connectivity index (χ0v) is 16.7. The van der Waals surface area contributed by atoms with Gasteiger partial charge in [-0.1, -0.05) is 31.1 Å². The van der Waals surface area contributed by atoms with Crippen LogP contribution in [0.4, 0.5) is 11.4 Å². The van der Waals surface area contributed by atoms with Gasteiger partial charge in [-0.05, 0) is 50.3 Å². The van der Waals surface area contributed by atoms with Crippen molar-refractivity contribution in [2.45, 2.75) is 46.0 Å². The Kier molecular flexibility index (Phi) is 5.03. The second-order valence-electron chi connectivity index (χ2n) is 7.72. The highest BCUT2D eigenvalue weighted by molar-refractivity contribution is 6.13. The summed E-state index contributed by atoms with van der Waals surface area (Å²) in [7, 11) is 0. The van der Waals surface area contributed by atoms with Crippen molar-refractivity contribution < 1.29 is 9.32 Å². The predicted octanol–water partition coefficient (Wildman–Crippen LogP) is 4.90. The van der Waals surface area contributed by atoms with Gasteiger partial charge < -0.3 is 14.7 Å². The van der Waals surface area contributed by atoms with Gasteiger partial charge in [0.05, 0.1) is 28.0 Å². The van der Waals surface area contributed by atoms with Gasteiger partial charge in [-0.15, -0.1) is 0 Å². The van der Waals surface area contributed by atoms with Crippen LogP contribution in [-0.4, -0.2) is 29.1 Å². The maximum Gasteiger partial charge on any atom is 0.259 e. The Morgan fingerprint density at radius 3 is 2.68 bits per heavy atom. The third kappa shape index (κ3) is 3.46. The summed E-state index contributed by atoms with van der Waals surface area (Å²) in [5.74, 6) is 0.0204. The van der Waals surface area contributed by atoms with E-state index in [0.717, 1.165) is 30.2 Å². The second-order valence-corrected chi connectivity index (χ2v) is 7.72. The summed E-state index contributed by atoms with van der Waals surface area (Å²) in [6, 6.07) is 9.87. The fourth-order valence-electron chi connectivity index (χ4n) is 3.77. The van der Waals surface area contributed by atoms with Crippen LogP contribution in [0.15, 0.2) is 34.9 Å². The van der Waals surface area contributed by atoms with E-state index < -0.39 is 0 Å². The molecule has 146 valence electrons. The highest BCUT2D eigenvalue weighted by Crippen LogP contribution is 2.30. The number of carbonyl (C=O) groups excluding carboxylic acids is 1. The van der Waals surface area contributed by atoms with Crippen LogP contribution < -0.4 is 10.2 Å². The zero-order valence-electron chi connectivity index (χ0n) is 16.7. The van der Waals surface area contributed by atoms with Crippen molar-refractivity contribution in [1.82, 2.24) is 10.1 Å². The number of fused-ring (bicyclic) bond motifs is 1. The van der Waals surface area contributed by atoms with E-state index in [4.69, 9.17) is 4.52 Å². The molecule has 4 rings (SSSR count). The van der Waals surface area contributed by atoms with Gasteiger partial charge in [0.15, 0.2) is 0 Å². The highest BCUT2D eigenvalue weighted by Gasteiger charge is 2.21. The molecule has 1 aliphatic rings. The largest absolute Gasteiger partial charge is 0.370 e. The van der Waals surface area contributed by atoms with Crippen LogP contribution in [0, 0.1) is 6.92 Å². The Morgan fingerprint density at radius 2 is 1.93 bits per heavy atom. The van der Waals surface area contributed by atoms with Crippen molar-refractivity contribution in [2.75, 3.05) is 23.3 Å². The first-order valence-corrected chi connectivity index (χ1v) is 9.97. The molecule has 1 saturated heterocycles. The molecule has 0 atom stereocenters. The average molecular weight is 378 g/mol. The molecule has 28 heavy (non-hydrogen) atoms. The van der Waals surface area contributed by atoms with Crippen molar-refractivity contribution in [1.29, 1.82) is 0 Å². The monoisotopic (exact) mass is 378 g/mol. The first-order chi connectivity index (χ1) is 13.5. The number of nitrogens with zero attached hydrogens (tertiary/aromatic N) is 3. The quantitative estimate of drug-likeness (QED) is 0.699. The third-order valence-electron chi connectivity index (χ3n) is 5.32. The van der Waals surface area contributed by atoms with Crippen LogP contribution in [0.25, 0.3) is 11.1 Å². The lowest BCUT2D eigenvalue weighted by atomic mass is 10.0. The number of hydrogen-bond acceptors (Lipinski definition) is 5. The Morgan fingerprint density at radius 1 is 1.18 bits per heavy atom. The molecule has 0 unspecified atom stereocenters. The standard InChI is InChI=1S/C22H26N4O2/c1-14(2)18-13-16(20-15(3)25-28-22(20)24-18)21(27)23-17-9-5-6-10-19(17)26-11-7-4-8-12-26/h5-6,9-10,13-14H,4,7-8,11-12H2,1-3H3,(H,23,27). The van der Waals surface area contributed by atoms with Crippen molar-refractivity contribution >= 4 is 28.4 Å². The molecule has 6 nitrogen and oxygen atoms in total. The number of pyridine rings is 1. The van der Waals surface area contributed by atoms with Crippen LogP contribution in [0.5, 0.6) is 0 Å². The molecule has 6 heteroatoms. The van der Waals surface area contributed by atoms with Gasteiger partial charge in [0.2, 0.25) is 0 Å². The lowest BCUT2D eigenvalue weighted by molar-refractivity contribution is 0.102. The predicted molar refractivity (Wildman–Crippen MR) is 111 cm³/mol. The van der Waals surface area contributed by atoms with Crippen molar-refractivity contribution in [3.8, 4) is 0 Å². The number of hydrogen-bond donors (Lipinski definition) is 1. The third-order valence-corrected chi connectivity index (χ3v) is 5.32. The maximum absolute atomic E-state index is 13.3. The Bertz CT molecular complexity index is 1000. The molecule has 1 fully saturated rings. The van der Waals surface area contributed by atoms with E-state index in [-0.39, 0.29) is 11.8 Å². The Labute approximate surface area is 164 Å². The summed E-state index contributed by atoms with van der Waals surface area (Å²) in [4.78, 5) is 20.1. The SMILES string of the molecule is Cc1noc2nc(C(C)C)cc(C(=O)Nc3ccccc3N3CCCCC3)c12. The minimum absolute atomic E-state index is 0.162. The lowest BCUT2D eigenvalue weighted by Crippen LogP contribution is -2.30. The molecule has 1 amide bonds. The number of anilines is 2. The smallest absolute Gasteiger partial charge is 0.259 e. The number of aryl methyl sites for hydroxylation is 1. The summed E-state index contributed by atoms with van der Waals surface area (Å²) in [5.41, 5.74) is 4.37. The number of piperidine rings is 1. The van der Waals surface area contributed by atoms with Gasteiger partial charge in [0.1, 0.15) is 0 Å². The number of rotatable bonds is 4. The van der Waals surface area contributed by atoms with Crippen molar-refractivity contribution in [3.63, 3.8) is 0 Å². The van der Waals surface area contributed by atoms with E-state index in [0.29, 0.717) is 22.4 Å². The van der Waals surface area contributed by atoms with E-state index in [1.54, 1.807) is 0 Å². The molecule has 1 aromatic carbocycles. The van der Waals surface area contributed by atoms with Gasteiger partial charge in [-0.25, -0.2) is 4.98 Å². The number of benzene rings is 1. The summed E-state index contributed by atoms with van der Waals surface area (Å²) in [5, 5.41) is 7.81. The molecule has 0 spiro atoms. The number of aromatic nitrogens is 2. The lowest BCUT2D eigenvalue weighted by Gasteiger charge is -2.30. The van der Waals surface area contributed by atoms with Crippen molar-refractivity contribution in [3.05, 3.63) is 47.3 Å². The molecule has 0 bridgehead atoms. The van der Waals surface area contributed by atoms with E-state index in [2.05, 4.69) is 26.4 Å². The summed E-state index contributed by atoms with van der Waals surface area (Å²) >= 11 is 0.